The summed E-state index contributed by atoms with van der Waals surface area (Å²) in [4.78, 5) is 22.4. The van der Waals surface area contributed by atoms with Gasteiger partial charge in [0.05, 0.1) is 6.04 Å². The summed E-state index contributed by atoms with van der Waals surface area (Å²) in [6, 6.07) is 1.60. The third kappa shape index (κ3) is 4.64. The van der Waals surface area contributed by atoms with Gasteiger partial charge in [-0.15, -0.1) is 0 Å². The van der Waals surface area contributed by atoms with Gasteiger partial charge in [0, 0.05) is 50.2 Å². The molecule has 1 amide bonds. The number of aliphatic hydroxyl groups is 1. The molecule has 0 aromatic carbocycles. The normalized spacial score (nSPS) is 27.9. The van der Waals surface area contributed by atoms with E-state index in [-0.39, 0.29) is 23.7 Å². The van der Waals surface area contributed by atoms with Crippen LogP contribution in [-0.4, -0.2) is 75.3 Å². The molecule has 0 bridgehead atoms. The SMILES string of the molecule is C=NN1C=C(C)C(N2CC[C@H](N)C2)=N/C1=C/C1CCCCN1C(=O)c1cc(C2(O)CCCC2)on1. The van der Waals surface area contributed by atoms with Gasteiger partial charge in [0.25, 0.3) is 5.91 Å². The molecule has 10 nitrogen and oxygen atoms in total. The zero-order valence-corrected chi connectivity index (χ0v) is 20.4. The minimum atomic E-state index is -1.01. The maximum absolute atomic E-state index is 13.5. The van der Waals surface area contributed by atoms with Gasteiger partial charge < -0.3 is 25.2 Å². The first-order valence-electron chi connectivity index (χ1n) is 12.6. The highest BCUT2D eigenvalue weighted by molar-refractivity contribution is 5.99. The minimum Gasteiger partial charge on any atom is -0.382 e. The molecule has 1 saturated carbocycles. The average Bonchev–Trinajstić information content (AvgIpc) is 3.61. The molecule has 1 aromatic rings. The van der Waals surface area contributed by atoms with E-state index in [4.69, 9.17) is 15.2 Å². The van der Waals surface area contributed by atoms with E-state index in [2.05, 4.69) is 21.9 Å². The number of carbonyl (C=O) groups excluding carboxylic acids is 1. The van der Waals surface area contributed by atoms with E-state index in [1.54, 1.807) is 11.1 Å². The number of likely N-dealkylation sites (tertiary alicyclic amines) is 2. The summed E-state index contributed by atoms with van der Waals surface area (Å²) < 4.78 is 5.43. The molecule has 4 aliphatic rings. The fourth-order valence-corrected chi connectivity index (χ4v) is 5.59. The number of piperidine rings is 1. The molecule has 1 unspecified atom stereocenters. The number of carbonyl (C=O) groups is 1. The van der Waals surface area contributed by atoms with Crippen molar-refractivity contribution in [1.29, 1.82) is 0 Å². The Morgan fingerprint density at radius 3 is 2.80 bits per heavy atom. The Morgan fingerprint density at radius 2 is 2.09 bits per heavy atom. The van der Waals surface area contributed by atoms with Crippen molar-refractivity contribution in [1.82, 2.24) is 20.0 Å². The number of amides is 1. The Labute approximate surface area is 205 Å². The Bertz CT molecular complexity index is 1070. The van der Waals surface area contributed by atoms with Crippen LogP contribution < -0.4 is 5.73 Å². The number of nitrogens with two attached hydrogens (primary N) is 1. The number of rotatable bonds is 4. The van der Waals surface area contributed by atoms with Gasteiger partial charge in [-0.3, -0.25) is 4.79 Å². The molecule has 4 heterocycles. The monoisotopic (exact) mass is 481 g/mol. The van der Waals surface area contributed by atoms with E-state index < -0.39 is 5.60 Å². The first kappa shape index (κ1) is 23.7. The highest BCUT2D eigenvalue weighted by Crippen LogP contribution is 2.39. The Morgan fingerprint density at radius 1 is 1.29 bits per heavy atom. The number of aromatic nitrogens is 1. The van der Waals surface area contributed by atoms with E-state index in [1.165, 1.54) is 0 Å². The van der Waals surface area contributed by atoms with Crippen LogP contribution in [-0.2, 0) is 5.60 Å². The molecule has 3 fully saturated rings. The van der Waals surface area contributed by atoms with Crippen LogP contribution in [0.4, 0.5) is 0 Å². The van der Waals surface area contributed by atoms with Gasteiger partial charge in [-0.1, -0.05) is 5.16 Å². The summed E-state index contributed by atoms with van der Waals surface area (Å²) in [7, 11) is 0. The maximum Gasteiger partial charge on any atom is 0.276 e. The lowest BCUT2D eigenvalue weighted by Gasteiger charge is -2.35. The maximum atomic E-state index is 13.5. The van der Waals surface area contributed by atoms with Crippen LogP contribution in [0.3, 0.4) is 0 Å². The fourth-order valence-electron chi connectivity index (χ4n) is 5.59. The largest absolute Gasteiger partial charge is 0.382 e. The average molecular weight is 482 g/mol. The number of hydrogen-bond acceptors (Lipinski definition) is 9. The molecule has 1 aromatic heterocycles. The topological polar surface area (TPSA) is 124 Å². The summed E-state index contributed by atoms with van der Waals surface area (Å²) in [5.74, 6) is 1.73. The third-order valence-corrected chi connectivity index (χ3v) is 7.57. The van der Waals surface area contributed by atoms with Crippen molar-refractivity contribution >= 4 is 18.5 Å². The van der Waals surface area contributed by atoms with Crippen LogP contribution in [0.2, 0.25) is 0 Å². The van der Waals surface area contributed by atoms with E-state index in [0.29, 0.717) is 31.0 Å². The predicted molar refractivity (Wildman–Crippen MR) is 132 cm³/mol. The van der Waals surface area contributed by atoms with Crippen molar-refractivity contribution in [3.05, 3.63) is 41.2 Å². The van der Waals surface area contributed by atoms with E-state index in [1.807, 2.05) is 24.1 Å². The summed E-state index contributed by atoms with van der Waals surface area (Å²) >= 11 is 0. The second kappa shape index (κ2) is 9.58. The van der Waals surface area contributed by atoms with Crippen LogP contribution in [0, 0.1) is 0 Å². The molecule has 0 spiro atoms. The number of amidine groups is 1. The van der Waals surface area contributed by atoms with Crippen molar-refractivity contribution < 1.29 is 14.4 Å². The van der Waals surface area contributed by atoms with Gasteiger partial charge >= 0.3 is 0 Å². The first-order valence-corrected chi connectivity index (χ1v) is 12.6. The van der Waals surface area contributed by atoms with Gasteiger partial charge in [-0.05, 0) is 64.4 Å². The van der Waals surface area contributed by atoms with Crippen LogP contribution in [0.25, 0.3) is 0 Å². The molecular formula is C25H35N7O3. The standard InChI is InChI=1S/C25H35N7O3/c1-17-15-32(27-2)22(28-23(17)30-12-8-18(26)16-30)13-19-7-3-6-11-31(19)24(33)20-14-21(35-29-20)25(34)9-4-5-10-25/h13-15,18-19,34H,2-12,16,26H2,1H3/b22-13-/t18-,19?/m0/s1. The molecule has 3 N–H and O–H groups in total. The Hall–Kier alpha value is -2.98. The van der Waals surface area contributed by atoms with Crippen LogP contribution in [0.15, 0.2) is 44.4 Å². The highest BCUT2D eigenvalue weighted by Gasteiger charge is 2.38. The summed E-state index contributed by atoms with van der Waals surface area (Å²) in [6.07, 6.45) is 10.7. The molecule has 5 rings (SSSR count). The fraction of sp³-hybridized carbons (Fsp3) is 0.600. The third-order valence-electron chi connectivity index (χ3n) is 7.57. The summed E-state index contributed by atoms with van der Waals surface area (Å²) in [5.41, 5.74) is 6.35. The van der Waals surface area contributed by atoms with Gasteiger partial charge in [0.2, 0.25) is 0 Å². The lowest BCUT2D eigenvalue weighted by Crippen LogP contribution is -2.43. The first-order chi connectivity index (χ1) is 16.9. The number of aliphatic imine (C=N–C) groups is 1. The second-order valence-corrected chi connectivity index (χ2v) is 10.1. The van der Waals surface area contributed by atoms with Crippen molar-refractivity contribution in [2.75, 3.05) is 19.6 Å². The van der Waals surface area contributed by atoms with Gasteiger partial charge in [-0.25, -0.2) is 10.0 Å². The van der Waals surface area contributed by atoms with Crippen LogP contribution >= 0.6 is 0 Å². The molecule has 2 atom stereocenters. The molecule has 0 radical (unpaired) electrons. The zero-order chi connectivity index (χ0) is 24.6. The van der Waals surface area contributed by atoms with Crippen LogP contribution in [0.1, 0.15) is 74.5 Å². The van der Waals surface area contributed by atoms with Crippen molar-refractivity contribution in [3.8, 4) is 0 Å². The van der Waals surface area contributed by atoms with Gasteiger partial charge in [0.15, 0.2) is 17.3 Å². The highest BCUT2D eigenvalue weighted by atomic mass is 16.5. The molecule has 35 heavy (non-hydrogen) atoms. The van der Waals surface area contributed by atoms with Crippen molar-refractivity contribution in [3.63, 3.8) is 0 Å². The number of nitrogens with zero attached hydrogens (tertiary/aromatic N) is 6. The van der Waals surface area contributed by atoms with Crippen molar-refractivity contribution in [2.24, 2.45) is 15.8 Å². The predicted octanol–water partition coefficient (Wildman–Crippen LogP) is 2.54. The number of hydrazone groups is 1. The Kier molecular flexibility index (Phi) is 6.50. The van der Waals surface area contributed by atoms with Crippen molar-refractivity contribution in [2.45, 2.75) is 76.0 Å². The van der Waals surface area contributed by atoms with Crippen LogP contribution in [0.5, 0.6) is 0 Å². The van der Waals surface area contributed by atoms with Gasteiger partial charge in [-0.2, -0.15) is 5.10 Å². The quantitative estimate of drug-likeness (QED) is 0.633. The zero-order valence-electron chi connectivity index (χ0n) is 20.4. The molecule has 188 valence electrons. The molecule has 1 aliphatic carbocycles. The molecule has 3 aliphatic heterocycles. The van der Waals surface area contributed by atoms with E-state index >= 15 is 0 Å². The van der Waals surface area contributed by atoms with Gasteiger partial charge in [0.1, 0.15) is 11.4 Å². The smallest absolute Gasteiger partial charge is 0.276 e. The lowest BCUT2D eigenvalue weighted by atomic mass is 9.98. The van der Waals surface area contributed by atoms with E-state index in [0.717, 1.165) is 63.0 Å². The van der Waals surface area contributed by atoms with E-state index in [9.17, 15) is 9.90 Å². The molecule has 10 heteroatoms. The molecular weight excluding hydrogens is 446 g/mol. The second-order valence-electron chi connectivity index (χ2n) is 10.1. The minimum absolute atomic E-state index is 0.148. The summed E-state index contributed by atoms with van der Waals surface area (Å²) in [5, 5.41) is 20.7. The lowest BCUT2D eigenvalue weighted by molar-refractivity contribution is 0.0163. The Balaban J connectivity index is 1.40. The summed E-state index contributed by atoms with van der Waals surface area (Å²) in [6.45, 7) is 7.98. The molecule has 2 saturated heterocycles. The number of hydrogen-bond donors (Lipinski definition) is 2.